The van der Waals surface area contributed by atoms with Crippen LogP contribution in [0, 0.1) is 11.3 Å². The molecule has 1 saturated carbocycles. The van der Waals surface area contributed by atoms with Crippen molar-refractivity contribution in [2.24, 2.45) is 0 Å². The monoisotopic (exact) mass is 384 g/mol. The molecule has 0 bridgehead atoms. The van der Waals surface area contributed by atoms with Crippen LogP contribution in [0.15, 0.2) is 24.3 Å². The second-order valence-electron chi connectivity index (χ2n) is 7.11. The SMILES string of the molecule is N#CCCCOc1cccc(NC(=O)CCN2C(=O)NC3(CCCC3)C2=O)c1. The average molecular weight is 384 g/mol. The quantitative estimate of drug-likeness (QED) is 0.528. The molecule has 0 atom stereocenters. The molecule has 1 aliphatic carbocycles. The maximum absolute atomic E-state index is 12.6. The number of urea groups is 1. The van der Waals surface area contributed by atoms with Crippen LogP contribution in [0.5, 0.6) is 5.75 Å². The number of rotatable bonds is 8. The fourth-order valence-electron chi connectivity index (χ4n) is 3.64. The zero-order valence-corrected chi connectivity index (χ0v) is 15.7. The van der Waals surface area contributed by atoms with Crippen molar-refractivity contribution in [3.8, 4) is 11.8 Å². The van der Waals surface area contributed by atoms with Gasteiger partial charge in [0.1, 0.15) is 11.3 Å². The first-order valence-electron chi connectivity index (χ1n) is 9.58. The fraction of sp³-hybridized carbons (Fsp3) is 0.500. The largest absolute Gasteiger partial charge is 0.493 e. The van der Waals surface area contributed by atoms with Crippen LogP contribution in [0.25, 0.3) is 0 Å². The third-order valence-corrected chi connectivity index (χ3v) is 5.08. The number of nitrogens with one attached hydrogen (secondary N) is 2. The number of benzene rings is 1. The predicted octanol–water partition coefficient (Wildman–Crippen LogP) is 2.56. The molecule has 2 N–H and O–H groups in total. The van der Waals surface area contributed by atoms with Crippen molar-refractivity contribution in [2.75, 3.05) is 18.5 Å². The van der Waals surface area contributed by atoms with E-state index in [0.717, 1.165) is 17.7 Å². The maximum Gasteiger partial charge on any atom is 0.325 e. The molecule has 2 fully saturated rings. The minimum absolute atomic E-state index is 0.0303. The van der Waals surface area contributed by atoms with Gasteiger partial charge in [-0.25, -0.2) is 4.79 Å². The summed E-state index contributed by atoms with van der Waals surface area (Å²) in [5, 5.41) is 14.1. The van der Waals surface area contributed by atoms with Gasteiger partial charge < -0.3 is 15.4 Å². The lowest BCUT2D eigenvalue weighted by Gasteiger charge is -2.19. The minimum Gasteiger partial charge on any atom is -0.493 e. The molecule has 8 nitrogen and oxygen atoms in total. The Labute approximate surface area is 163 Å². The van der Waals surface area contributed by atoms with E-state index in [2.05, 4.69) is 16.7 Å². The van der Waals surface area contributed by atoms with Crippen LogP contribution in [0.4, 0.5) is 10.5 Å². The molecule has 2 aliphatic rings. The number of nitrogens with zero attached hydrogens (tertiary/aromatic N) is 2. The Morgan fingerprint density at radius 1 is 1.32 bits per heavy atom. The van der Waals surface area contributed by atoms with Crippen molar-refractivity contribution in [1.29, 1.82) is 5.26 Å². The van der Waals surface area contributed by atoms with E-state index in [-0.39, 0.29) is 24.8 Å². The Morgan fingerprint density at radius 2 is 2.11 bits per heavy atom. The normalized spacial score (nSPS) is 17.5. The Kier molecular flexibility index (Phi) is 6.14. The zero-order valence-electron chi connectivity index (χ0n) is 15.7. The van der Waals surface area contributed by atoms with E-state index in [1.807, 2.05) is 0 Å². The summed E-state index contributed by atoms with van der Waals surface area (Å²) in [5.41, 5.74) is -0.169. The van der Waals surface area contributed by atoms with Crippen LogP contribution < -0.4 is 15.4 Å². The highest BCUT2D eigenvalue weighted by atomic mass is 16.5. The number of hydrogen-bond acceptors (Lipinski definition) is 5. The van der Waals surface area contributed by atoms with E-state index in [4.69, 9.17) is 10.00 Å². The summed E-state index contributed by atoms with van der Waals surface area (Å²) in [5.74, 6) is 0.109. The molecule has 28 heavy (non-hydrogen) atoms. The van der Waals surface area contributed by atoms with Crippen molar-refractivity contribution >= 4 is 23.5 Å². The van der Waals surface area contributed by atoms with Gasteiger partial charge in [0.05, 0.1) is 12.7 Å². The number of amides is 4. The first-order valence-corrected chi connectivity index (χ1v) is 9.58. The fourth-order valence-corrected chi connectivity index (χ4v) is 3.64. The number of imide groups is 1. The standard InChI is InChI=1S/C20H24N4O4/c21-11-3-4-13-28-16-7-5-6-15(14-16)22-17(25)8-12-24-18(26)20(23-19(24)27)9-1-2-10-20/h5-7,14H,1-4,8-10,12-13H2,(H,22,25)(H,23,27). The van der Waals surface area contributed by atoms with Gasteiger partial charge in [-0.3, -0.25) is 14.5 Å². The Balaban J connectivity index is 1.49. The van der Waals surface area contributed by atoms with Crippen molar-refractivity contribution in [1.82, 2.24) is 10.2 Å². The van der Waals surface area contributed by atoms with Crippen molar-refractivity contribution in [2.45, 2.75) is 50.5 Å². The molecule has 1 spiro atoms. The summed E-state index contributed by atoms with van der Waals surface area (Å²) in [7, 11) is 0. The molecule has 1 aromatic rings. The number of unbranched alkanes of at least 4 members (excludes halogenated alkanes) is 1. The van der Waals surface area contributed by atoms with Gasteiger partial charge in [0.15, 0.2) is 0 Å². The lowest BCUT2D eigenvalue weighted by molar-refractivity contribution is -0.131. The van der Waals surface area contributed by atoms with Crippen LogP contribution in [0.2, 0.25) is 0 Å². The molecule has 1 aliphatic heterocycles. The van der Waals surface area contributed by atoms with Gasteiger partial charge in [-0.2, -0.15) is 5.26 Å². The van der Waals surface area contributed by atoms with E-state index in [9.17, 15) is 14.4 Å². The molecule has 0 aromatic heterocycles. The number of carbonyl (C=O) groups is 3. The highest BCUT2D eigenvalue weighted by Crippen LogP contribution is 2.35. The molecular formula is C20H24N4O4. The van der Waals surface area contributed by atoms with Gasteiger partial charge in [0.25, 0.3) is 5.91 Å². The summed E-state index contributed by atoms with van der Waals surface area (Å²) in [6.45, 7) is 0.488. The first-order chi connectivity index (χ1) is 13.5. The number of nitriles is 1. The van der Waals surface area contributed by atoms with Crippen LogP contribution >= 0.6 is 0 Å². The van der Waals surface area contributed by atoms with E-state index in [0.29, 0.717) is 43.7 Å². The molecule has 0 radical (unpaired) electrons. The maximum atomic E-state index is 12.6. The highest BCUT2D eigenvalue weighted by molar-refractivity contribution is 6.07. The molecule has 148 valence electrons. The smallest absolute Gasteiger partial charge is 0.325 e. The Bertz CT molecular complexity index is 796. The summed E-state index contributed by atoms with van der Waals surface area (Å²) in [4.78, 5) is 38.1. The lowest BCUT2D eigenvalue weighted by Crippen LogP contribution is -2.44. The predicted molar refractivity (Wildman–Crippen MR) is 101 cm³/mol. The van der Waals surface area contributed by atoms with Gasteiger partial charge in [-0.05, 0) is 31.4 Å². The molecule has 8 heteroatoms. The van der Waals surface area contributed by atoms with Gasteiger partial charge in [-0.1, -0.05) is 18.9 Å². The minimum atomic E-state index is -0.745. The van der Waals surface area contributed by atoms with Gasteiger partial charge in [0, 0.05) is 31.1 Å². The third kappa shape index (κ3) is 4.42. The van der Waals surface area contributed by atoms with E-state index < -0.39 is 11.6 Å². The van der Waals surface area contributed by atoms with Gasteiger partial charge in [0.2, 0.25) is 5.91 Å². The molecule has 0 unspecified atom stereocenters. The molecule has 4 amide bonds. The van der Waals surface area contributed by atoms with Crippen LogP contribution in [0.3, 0.4) is 0 Å². The Morgan fingerprint density at radius 3 is 2.86 bits per heavy atom. The topological polar surface area (TPSA) is 112 Å². The second kappa shape index (κ2) is 8.74. The number of anilines is 1. The van der Waals surface area contributed by atoms with Crippen LogP contribution in [0.1, 0.15) is 44.9 Å². The summed E-state index contributed by atoms with van der Waals surface area (Å²) in [6.07, 6.45) is 4.29. The first kappa shape index (κ1) is 19.7. The summed E-state index contributed by atoms with van der Waals surface area (Å²) >= 11 is 0. The number of hydrogen-bond donors (Lipinski definition) is 2. The molecular weight excluding hydrogens is 360 g/mol. The third-order valence-electron chi connectivity index (χ3n) is 5.08. The lowest BCUT2D eigenvalue weighted by atomic mass is 9.98. The van der Waals surface area contributed by atoms with Gasteiger partial charge >= 0.3 is 6.03 Å². The molecule has 3 rings (SSSR count). The van der Waals surface area contributed by atoms with E-state index in [1.165, 1.54) is 0 Å². The van der Waals surface area contributed by atoms with E-state index >= 15 is 0 Å². The average Bonchev–Trinajstić information content (AvgIpc) is 3.23. The highest BCUT2D eigenvalue weighted by Gasteiger charge is 2.52. The van der Waals surface area contributed by atoms with Crippen LogP contribution in [-0.4, -0.2) is 41.4 Å². The summed E-state index contributed by atoms with van der Waals surface area (Å²) in [6, 6.07) is 8.62. The van der Waals surface area contributed by atoms with E-state index in [1.54, 1.807) is 24.3 Å². The van der Waals surface area contributed by atoms with Crippen molar-refractivity contribution < 1.29 is 19.1 Å². The van der Waals surface area contributed by atoms with Crippen molar-refractivity contribution in [3.05, 3.63) is 24.3 Å². The Hall–Kier alpha value is -3.08. The second-order valence-corrected chi connectivity index (χ2v) is 7.11. The summed E-state index contributed by atoms with van der Waals surface area (Å²) < 4.78 is 5.54. The zero-order chi connectivity index (χ0) is 20.0. The molecule has 1 aromatic carbocycles. The van der Waals surface area contributed by atoms with Gasteiger partial charge in [-0.15, -0.1) is 0 Å². The number of carbonyl (C=O) groups excluding carboxylic acids is 3. The molecule has 1 heterocycles. The van der Waals surface area contributed by atoms with Crippen LogP contribution in [-0.2, 0) is 9.59 Å². The molecule has 1 saturated heterocycles. The van der Waals surface area contributed by atoms with Crippen molar-refractivity contribution in [3.63, 3.8) is 0 Å². The number of ether oxygens (including phenoxy) is 1.